The molecule has 1 aliphatic rings. The fourth-order valence-corrected chi connectivity index (χ4v) is 7.69. The van der Waals surface area contributed by atoms with E-state index in [0.717, 1.165) is 18.1 Å². The summed E-state index contributed by atoms with van der Waals surface area (Å²) in [5, 5.41) is 0.0532. The lowest BCUT2D eigenvalue weighted by Gasteiger charge is -2.48. The molecule has 188 valence electrons. The first kappa shape index (κ1) is 29.6. The molecule has 0 aromatic heterocycles. The molecule has 1 fully saturated rings. The van der Waals surface area contributed by atoms with Crippen LogP contribution in [0.3, 0.4) is 0 Å². The summed E-state index contributed by atoms with van der Waals surface area (Å²) in [6, 6.07) is 2.93. The van der Waals surface area contributed by atoms with E-state index in [-0.39, 0.29) is 41.4 Å². The van der Waals surface area contributed by atoms with E-state index < -0.39 is 16.6 Å². The number of nitrogens with zero attached hydrogens (tertiary/aromatic N) is 1. The molecule has 3 atom stereocenters. The van der Waals surface area contributed by atoms with Crippen molar-refractivity contribution in [1.29, 1.82) is 0 Å². The van der Waals surface area contributed by atoms with Gasteiger partial charge in [0.15, 0.2) is 16.6 Å². The molecular weight excluding hydrogens is 450 g/mol. The SMILES string of the molecule is CC[Si](CC)(CC)OCC#CC1[C@@H]([C@@H](C)O[Si](C)(C)C(C)(C)C)C(=O)N1/C=C/CC(=O)OC. The Kier molecular flexibility index (Phi) is 11.1. The Bertz CT molecular complexity index is 751. The number of hydrogen-bond acceptors (Lipinski definition) is 5. The molecule has 33 heavy (non-hydrogen) atoms. The summed E-state index contributed by atoms with van der Waals surface area (Å²) >= 11 is 0. The summed E-state index contributed by atoms with van der Waals surface area (Å²) in [5.74, 6) is 5.75. The number of esters is 1. The summed E-state index contributed by atoms with van der Waals surface area (Å²) in [4.78, 5) is 26.1. The van der Waals surface area contributed by atoms with Crippen molar-refractivity contribution in [2.24, 2.45) is 5.92 Å². The molecule has 0 N–H and O–H groups in total. The van der Waals surface area contributed by atoms with Crippen molar-refractivity contribution in [3.8, 4) is 11.8 Å². The zero-order chi connectivity index (χ0) is 25.4. The van der Waals surface area contributed by atoms with E-state index in [2.05, 4.69) is 71.2 Å². The number of ether oxygens (including phenoxy) is 1. The van der Waals surface area contributed by atoms with Gasteiger partial charge >= 0.3 is 5.97 Å². The number of likely N-dealkylation sites (tertiary alicyclic amines) is 1. The summed E-state index contributed by atoms with van der Waals surface area (Å²) in [5.41, 5.74) is 0. The van der Waals surface area contributed by atoms with Crippen molar-refractivity contribution >= 4 is 28.5 Å². The van der Waals surface area contributed by atoms with E-state index in [1.807, 2.05) is 6.92 Å². The van der Waals surface area contributed by atoms with Crippen LogP contribution in [-0.2, 0) is 23.2 Å². The minimum atomic E-state index is -2.03. The van der Waals surface area contributed by atoms with Crippen LogP contribution in [0.4, 0.5) is 0 Å². The van der Waals surface area contributed by atoms with Gasteiger partial charge in [0.1, 0.15) is 6.04 Å². The zero-order valence-electron chi connectivity index (χ0n) is 22.4. The van der Waals surface area contributed by atoms with Crippen LogP contribution in [0.15, 0.2) is 12.3 Å². The van der Waals surface area contributed by atoms with E-state index in [9.17, 15) is 9.59 Å². The smallest absolute Gasteiger partial charge is 0.309 e. The molecule has 1 heterocycles. The molecule has 0 aliphatic carbocycles. The number of carbonyl (C=O) groups is 2. The first-order chi connectivity index (χ1) is 15.3. The Labute approximate surface area is 203 Å². The molecule has 1 unspecified atom stereocenters. The number of hydrogen-bond donors (Lipinski definition) is 0. The lowest BCUT2D eigenvalue weighted by molar-refractivity contribution is -0.153. The summed E-state index contributed by atoms with van der Waals surface area (Å²) < 4.78 is 17.5. The molecule has 0 aromatic carbocycles. The second-order valence-corrected chi connectivity index (χ2v) is 19.9. The number of β-lactam (4-membered cyclic amide) rings is 1. The second kappa shape index (κ2) is 12.3. The molecule has 6 nitrogen and oxygen atoms in total. The van der Waals surface area contributed by atoms with Gasteiger partial charge in [-0.25, -0.2) is 0 Å². The Morgan fingerprint density at radius 1 is 1.18 bits per heavy atom. The molecule has 8 heteroatoms. The topological polar surface area (TPSA) is 65.1 Å². The summed E-state index contributed by atoms with van der Waals surface area (Å²) in [6.45, 7) is 19.9. The fraction of sp³-hybridized carbons (Fsp3) is 0.760. The highest BCUT2D eigenvalue weighted by atomic mass is 28.4. The van der Waals surface area contributed by atoms with Crippen molar-refractivity contribution in [2.45, 2.75) is 103 Å². The van der Waals surface area contributed by atoms with E-state index in [1.165, 1.54) is 7.11 Å². The maximum absolute atomic E-state index is 13.0. The van der Waals surface area contributed by atoms with Crippen LogP contribution in [0.2, 0.25) is 36.3 Å². The van der Waals surface area contributed by atoms with Crippen molar-refractivity contribution < 1.29 is 23.2 Å². The van der Waals surface area contributed by atoms with Gasteiger partial charge < -0.3 is 18.5 Å². The minimum Gasteiger partial charge on any atom is -0.469 e. The zero-order valence-corrected chi connectivity index (χ0v) is 24.4. The Balaban J connectivity index is 3.04. The maximum Gasteiger partial charge on any atom is 0.309 e. The Morgan fingerprint density at radius 2 is 1.76 bits per heavy atom. The molecule has 0 radical (unpaired) electrons. The van der Waals surface area contributed by atoms with Crippen LogP contribution in [0.1, 0.15) is 54.9 Å². The summed E-state index contributed by atoms with van der Waals surface area (Å²) in [7, 11) is -2.40. The third kappa shape index (κ3) is 7.54. The third-order valence-corrected chi connectivity index (χ3v) is 16.6. The Hall–Kier alpha value is -1.41. The highest BCUT2D eigenvalue weighted by molar-refractivity contribution is 6.74. The van der Waals surface area contributed by atoms with E-state index >= 15 is 0 Å². The number of rotatable bonds is 11. The third-order valence-electron chi connectivity index (χ3n) is 7.38. The predicted octanol–water partition coefficient (Wildman–Crippen LogP) is 5.33. The molecule has 0 saturated carbocycles. The van der Waals surface area contributed by atoms with Crippen LogP contribution in [0.25, 0.3) is 0 Å². The van der Waals surface area contributed by atoms with Crippen LogP contribution in [0.5, 0.6) is 0 Å². The second-order valence-electron chi connectivity index (χ2n) is 10.3. The quantitative estimate of drug-likeness (QED) is 0.168. The van der Waals surface area contributed by atoms with E-state index in [1.54, 1.807) is 17.2 Å². The minimum absolute atomic E-state index is 0.0260. The van der Waals surface area contributed by atoms with Crippen molar-refractivity contribution in [3.05, 3.63) is 12.3 Å². The van der Waals surface area contributed by atoms with Gasteiger partial charge in [-0.05, 0) is 43.2 Å². The fourth-order valence-electron chi connectivity index (χ4n) is 3.77. The molecular formula is C25H45NO5Si2. The van der Waals surface area contributed by atoms with Gasteiger partial charge in [-0.3, -0.25) is 9.59 Å². The lowest BCUT2D eigenvalue weighted by atomic mass is 9.84. The Morgan fingerprint density at radius 3 is 2.24 bits per heavy atom. The first-order valence-electron chi connectivity index (χ1n) is 12.1. The number of carbonyl (C=O) groups excluding carboxylic acids is 2. The predicted molar refractivity (Wildman–Crippen MR) is 139 cm³/mol. The maximum atomic E-state index is 13.0. The van der Waals surface area contributed by atoms with Crippen molar-refractivity contribution in [1.82, 2.24) is 4.90 Å². The van der Waals surface area contributed by atoms with Gasteiger partial charge in [-0.15, -0.1) is 0 Å². The highest BCUT2D eigenvalue weighted by Gasteiger charge is 2.51. The van der Waals surface area contributed by atoms with E-state index in [4.69, 9.17) is 8.85 Å². The monoisotopic (exact) mass is 495 g/mol. The first-order valence-corrected chi connectivity index (χ1v) is 17.6. The van der Waals surface area contributed by atoms with Gasteiger partial charge in [0.05, 0.1) is 32.2 Å². The average molecular weight is 496 g/mol. The van der Waals surface area contributed by atoms with Gasteiger partial charge in [0.25, 0.3) is 0 Å². The molecule has 0 spiro atoms. The number of methoxy groups -OCH3 is 1. The van der Waals surface area contributed by atoms with Gasteiger partial charge in [-0.2, -0.15) is 0 Å². The normalized spacial score (nSPS) is 20.3. The van der Waals surface area contributed by atoms with Crippen LogP contribution in [0, 0.1) is 17.8 Å². The van der Waals surface area contributed by atoms with Gasteiger partial charge in [0.2, 0.25) is 5.91 Å². The van der Waals surface area contributed by atoms with E-state index in [0.29, 0.717) is 6.61 Å². The lowest BCUT2D eigenvalue weighted by Crippen LogP contribution is -2.63. The van der Waals surface area contributed by atoms with Gasteiger partial charge in [0, 0.05) is 6.20 Å². The molecule has 1 amide bonds. The largest absolute Gasteiger partial charge is 0.469 e. The summed E-state index contributed by atoms with van der Waals surface area (Å²) in [6.07, 6.45) is 3.17. The van der Waals surface area contributed by atoms with Crippen molar-refractivity contribution in [3.63, 3.8) is 0 Å². The number of amides is 1. The molecule has 1 saturated heterocycles. The average Bonchev–Trinajstić information content (AvgIpc) is 2.74. The van der Waals surface area contributed by atoms with Gasteiger partial charge in [-0.1, -0.05) is 59.5 Å². The molecule has 1 aliphatic heterocycles. The van der Waals surface area contributed by atoms with Crippen LogP contribution < -0.4 is 0 Å². The standard InChI is InChI=1S/C25H45NO5Si2/c1-11-33(12-2,13-3)30-19-15-16-21-23(20(4)31-32(9,10)25(5,6)7)24(28)26(21)18-14-17-22(27)29-8/h14,18,20-21,23H,11-13,17,19H2,1-10H3/b18-14+/t20-,21?,23-/m1/s1. The van der Waals surface area contributed by atoms with Crippen LogP contribution >= 0.6 is 0 Å². The molecule has 0 bridgehead atoms. The highest BCUT2D eigenvalue weighted by Crippen LogP contribution is 2.40. The van der Waals surface area contributed by atoms with Crippen molar-refractivity contribution in [2.75, 3.05) is 13.7 Å². The van der Waals surface area contributed by atoms with Crippen LogP contribution in [-0.4, -0.2) is 59.3 Å². The molecule has 1 rings (SSSR count). The molecule has 0 aromatic rings.